The number of aliphatic hydroxyl groups excluding tert-OH is 1. The van der Waals surface area contributed by atoms with E-state index in [1.54, 1.807) is 0 Å². The third-order valence-electron chi connectivity index (χ3n) is 2.02. The highest BCUT2D eigenvalue weighted by molar-refractivity contribution is 4.85. The molecule has 0 radical (unpaired) electrons. The van der Waals surface area contributed by atoms with Crippen LogP contribution in [-0.4, -0.2) is 22.8 Å². The number of rotatable bonds is 2. The summed E-state index contributed by atoms with van der Waals surface area (Å²) in [5, 5.41) is 13.3. The van der Waals surface area contributed by atoms with Crippen molar-refractivity contribution in [1.82, 2.24) is 5.32 Å². The van der Waals surface area contributed by atoms with Crippen LogP contribution in [0.2, 0.25) is 0 Å². The van der Waals surface area contributed by atoms with Gasteiger partial charge in [0.25, 0.3) is 0 Å². The molecule has 0 aliphatic heterocycles. The number of aliphatic hydroxyl groups is 1. The summed E-state index contributed by atoms with van der Waals surface area (Å²) < 4.78 is 0. The lowest BCUT2D eigenvalue weighted by molar-refractivity contribution is 0.0269. The van der Waals surface area contributed by atoms with Gasteiger partial charge >= 0.3 is 0 Å². The third-order valence-corrected chi connectivity index (χ3v) is 2.02. The van der Waals surface area contributed by atoms with Crippen LogP contribution in [0.15, 0.2) is 0 Å². The van der Waals surface area contributed by atoms with Gasteiger partial charge in [0.15, 0.2) is 0 Å². The zero-order valence-electron chi connectivity index (χ0n) is 10.1. The predicted molar refractivity (Wildman–Crippen MR) is 57.8 cm³/mol. The summed E-state index contributed by atoms with van der Waals surface area (Å²) in [4.78, 5) is 0. The van der Waals surface area contributed by atoms with Gasteiger partial charge in [0, 0.05) is 11.6 Å². The Hall–Kier alpha value is -0.0800. The summed E-state index contributed by atoms with van der Waals surface area (Å²) >= 11 is 0. The van der Waals surface area contributed by atoms with Crippen LogP contribution in [0, 0.1) is 5.41 Å². The minimum atomic E-state index is -0.313. The first-order chi connectivity index (χ1) is 5.54. The molecule has 2 nitrogen and oxygen atoms in total. The van der Waals surface area contributed by atoms with Gasteiger partial charge in [-0.25, -0.2) is 0 Å². The molecule has 0 fully saturated rings. The molecule has 0 amide bonds. The van der Waals surface area contributed by atoms with Crippen LogP contribution in [0.25, 0.3) is 0 Å². The molecule has 0 aromatic carbocycles. The Morgan fingerprint density at radius 2 is 1.38 bits per heavy atom. The Morgan fingerprint density at radius 1 is 1.00 bits per heavy atom. The van der Waals surface area contributed by atoms with Crippen LogP contribution in [0.1, 0.15) is 48.5 Å². The van der Waals surface area contributed by atoms with Gasteiger partial charge in [0.1, 0.15) is 0 Å². The second kappa shape index (κ2) is 3.97. The van der Waals surface area contributed by atoms with E-state index in [2.05, 4.69) is 46.9 Å². The lowest BCUT2D eigenvalue weighted by Crippen LogP contribution is -2.51. The van der Waals surface area contributed by atoms with Gasteiger partial charge in [-0.3, -0.25) is 0 Å². The molecule has 2 unspecified atom stereocenters. The summed E-state index contributed by atoms with van der Waals surface area (Å²) in [7, 11) is 0. The molecule has 2 atom stereocenters. The van der Waals surface area contributed by atoms with Crippen molar-refractivity contribution in [2.24, 2.45) is 5.41 Å². The second-order valence-electron chi connectivity index (χ2n) is 5.99. The maximum absolute atomic E-state index is 9.96. The SMILES string of the molecule is CC(NC(C)(C)C)C(O)C(C)(C)C. The van der Waals surface area contributed by atoms with Crippen LogP contribution in [0.5, 0.6) is 0 Å². The second-order valence-corrected chi connectivity index (χ2v) is 5.99. The van der Waals surface area contributed by atoms with Crippen molar-refractivity contribution < 1.29 is 5.11 Å². The fraction of sp³-hybridized carbons (Fsp3) is 1.00. The first-order valence-corrected chi connectivity index (χ1v) is 5.00. The van der Waals surface area contributed by atoms with E-state index in [1.165, 1.54) is 0 Å². The number of hydrogen-bond donors (Lipinski definition) is 2. The highest BCUT2D eigenvalue weighted by Gasteiger charge is 2.29. The fourth-order valence-corrected chi connectivity index (χ4v) is 1.51. The van der Waals surface area contributed by atoms with Gasteiger partial charge in [0.05, 0.1) is 6.10 Å². The van der Waals surface area contributed by atoms with Gasteiger partial charge in [-0.05, 0) is 33.1 Å². The highest BCUT2D eigenvalue weighted by atomic mass is 16.3. The lowest BCUT2D eigenvalue weighted by atomic mass is 9.84. The standard InChI is InChI=1S/C11H25NO/c1-8(12-11(5,6)7)9(13)10(2,3)4/h8-9,12-13H,1-7H3. The fourth-order valence-electron chi connectivity index (χ4n) is 1.51. The monoisotopic (exact) mass is 187 g/mol. The van der Waals surface area contributed by atoms with E-state index in [0.29, 0.717) is 0 Å². The summed E-state index contributed by atoms with van der Waals surface area (Å²) in [6.07, 6.45) is -0.313. The molecule has 80 valence electrons. The van der Waals surface area contributed by atoms with Crippen LogP contribution < -0.4 is 5.32 Å². The van der Waals surface area contributed by atoms with E-state index < -0.39 is 0 Å². The third kappa shape index (κ3) is 5.27. The average molecular weight is 187 g/mol. The van der Waals surface area contributed by atoms with Crippen molar-refractivity contribution in [2.45, 2.75) is 66.2 Å². The Labute approximate surface area is 82.7 Å². The number of nitrogens with one attached hydrogen (secondary N) is 1. The molecule has 0 heterocycles. The maximum Gasteiger partial charge on any atom is 0.0738 e. The van der Waals surface area contributed by atoms with Gasteiger partial charge < -0.3 is 10.4 Å². The van der Waals surface area contributed by atoms with Gasteiger partial charge in [-0.1, -0.05) is 20.8 Å². The van der Waals surface area contributed by atoms with Crippen LogP contribution >= 0.6 is 0 Å². The van der Waals surface area contributed by atoms with Crippen LogP contribution in [-0.2, 0) is 0 Å². The van der Waals surface area contributed by atoms with Gasteiger partial charge in [-0.2, -0.15) is 0 Å². The first-order valence-electron chi connectivity index (χ1n) is 5.00. The molecule has 13 heavy (non-hydrogen) atoms. The lowest BCUT2D eigenvalue weighted by Gasteiger charge is -2.35. The topological polar surface area (TPSA) is 32.3 Å². The molecule has 0 spiro atoms. The molecule has 0 rings (SSSR count). The van der Waals surface area contributed by atoms with Crippen molar-refractivity contribution in [3.63, 3.8) is 0 Å². The zero-order chi connectivity index (χ0) is 10.9. The first kappa shape index (κ1) is 12.9. The summed E-state index contributed by atoms with van der Waals surface area (Å²) in [6, 6.07) is 0.125. The van der Waals surface area contributed by atoms with E-state index >= 15 is 0 Å². The Morgan fingerprint density at radius 3 is 1.62 bits per heavy atom. The summed E-state index contributed by atoms with van der Waals surface area (Å²) in [6.45, 7) is 14.5. The van der Waals surface area contributed by atoms with Crippen molar-refractivity contribution in [1.29, 1.82) is 0 Å². The van der Waals surface area contributed by atoms with Crippen LogP contribution in [0.4, 0.5) is 0 Å². The molecule has 0 aromatic heterocycles. The minimum absolute atomic E-state index is 0.0579. The van der Waals surface area contributed by atoms with Gasteiger partial charge in [0.2, 0.25) is 0 Å². The molecule has 0 bridgehead atoms. The normalized spacial score (nSPS) is 18.5. The number of hydrogen-bond acceptors (Lipinski definition) is 2. The summed E-state index contributed by atoms with van der Waals surface area (Å²) in [5.74, 6) is 0. The zero-order valence-corrected chi connectivity index (χ0v) is 10.1. The van der Waals surface area contributed by atoms with E-state index in [1.807, 2.05) is 6.92 Å². The molecule has 0 aliphatic carbocycles. The molecular weight excluding hydrogens is 162 g/mol. The van der Waals surface area contributed by atoms with Crippen molar-refractivity contribution in [2.75, 3.05) is 0 Å². The molecule has 0 saturated carbocycles. The van der Waals surface area contributed by atoms with Crippen LogP contribution in [0.3, 0.4) is 0 Å². The van der Waals surface area contributed by atoms with Gasteiger partial charge in [-0.15, -0.1) is 0 Å². The highest BCUT2D eigenvalue weighted by Crippen LogP contribution is 2.22. The van der Waals surface area contributed by atoms with E-state index in [0.717, 1.165) is 0 Å². The Kier molecular flexibility index (Phi) is 3.95. The van der Waals surface area contributed by atoms with E-state index in [9.17, 15) is 5.11 Å². The molecule has 0 aromatic rings. The van der Waals surface area contributed by atoms with E-state index in [4.69, 9.17) is 0 Å². The molecular formula is C11H25NO. The molecule has 0 saturated heterocycles. The van der Waals surface area contributed by atoms with Crippen molar-refractivity contribution in [3.8, 4) is 0 Å². The largest absolute Gasteiger partial charge is 0.391 e. The molecule has 2 N–H and O–H groups in total. The maximum atomic E-state index is 9.96. The molecule has 2 heteroatoms. The van der Waals surface area contributed by atoms with E-state index in [-0.39, 0.29) is 23.1 Å². The molecule has 0 aliphatic rings. The Bertz CT molecular complexity index is 152. The van der Waals surface area contributed by atoms with Crippen molar-refractivity contribution in [3.05, 3.63) is 0 Å². The quantitative estimate of drug-likeness (QED) is 0.694. The minimum Gasteiger partial charge on any atom is -0.391 e. The Balaban J connectivity index is 4.20. The van der Waals surface area contributed by atoms with Crippen molar-refractivity contribution >= 4 is 0 Å². The predicted octanol–water partition coefficient (Wildman–Crippen LogP) is 2.17. The average Bonchev–Trinajstić information content (AvgIpc) is 1.79. The summed E-state index contributed by atoms with van der Waals surface area (Å²) in [5.41, 5.74) is 0.00329. The smallest absolute Gasteiger partial charge is 0.0738 e.